The van der Waals surface area contributed by atoms with Crippen LogP contribution in [0.5, 0.6) is 0 Å². The van der Waals surface area contributed by atoms with Crippen molar-refractivity contribution in [2.45, 2.75) is 37.5 Å². The molecule has 0 aromatic heterocycles. The molecule has 0 saturated heterocycles. The van der Waals surface area contributed by atoms with E-state index < -0.39 is 20.0 Å². The first kappa shape index (κ1) is 17.1. The van der Waals surface area contributed by atoms with Gasteiger partial charge in [-0.25, -0.2) is 8.42 Å². The van der Waals surface area contributed by atoms with Gasteiger partial charge in [-0.05, 0) is 31.9 Å². The lowest BCUT2D eigenvalue weighted by atomic mass is 10.2. The minimum Gasteiger partial charge on any atom is -0.286 e. The summed E-state index contributed by atoms with van der Waals surface area (Å²) in [5, 5.41) is 0. The van der Waals surface area contributed by atoms with Gasteiger partial charge in [0.05, 0.1) is 16.4 Å². The highest BCUT2D eigenvalue weighted by Crippen LogP contribution is 2.14. The van der Waals surface area contributed by atoms with E-state index in [0.717, 1.165) is 5.56 Å². The maximum absolute atomic E-state index is 12.0. The summed E-state index contributed by atoms with van der Waals surface area (Å²) in [5.41, 5.74) is 1.01. The molecular weight excluding hydrogens is 300 g/mol. The van der Waals surface area contributed by atoms with Gasteiger partial charge in [0, 0.05) is 0 Å². The molecule has 1 rings (SSSR count). The molecule has 5 nitrogen and oxygen atoms in total. The Kier molecular flexibility index (Phi) is 6.16. The molecule has 1 N–H and O–H groups in total. The van der Waals surface area contributed by atoms with Crippen LogP contribution in [0.3, 0.4) is 0 Å². The van der Waals surface area contributed by atoms with E-state index in [1.165, 1.54) is 0 Å². The molecule has 0 unspecified atom stereocenters. The monoisotopic (exact) mass is 320 g/mol. The summed E-state index contributed by atoms with van der Waals surface area (Å²) in [6.45, 7) is 1.89. The third kappa shape index (κ3) is 6.49. The Morgan fingerprint density at radius 3 is 1.85 bits per heavy atom. The zero-order chi connectivity index (χ0) is 15.2. The summed E-state index contributed by atoms with van der Waals surface area (Å²) in [4.78, 5) is 0.320. The van der Waals surface area contributed by atoms with Gasteiger partial charge in [-0.2, -0.15) is 8.42 Å². The molecule has 0 aliphatic heterocycles. The van der Waals surface area contributed by atoms with Crippen LogP contribution in [0.15, 0.2) is 29.2 Å². The number of hydrogen-bond donors (Lipinski definition) is 1. The largest absolute Gasteiger partial charge is 0.286 e. The van der Waals surface area contributed by atoms with E-state index >= 15 is 0 Å². The van der Waals surface area contributed by atoms with Gasteiger partial charge in [0.25, 0.3) is 10.1 Å². The summed E-state index contributed by atoms with van der Waals surface area (Å²) in [5.74, 6) is -0.209. The number of aryl methyl sites for hydroxylation is 1. The highest BCUT2D eigenvalue weighted by Gasteiger charge is 2.13. The van der Waals surface area contributed by atoms with Crippen molar-refractivity contribution in [1.82, 2.24) is 0 Å². The lowest BCUT2D eigenvalue weighted by molar-refractivity contribution is 0.479. The highest BCUT2D eigenvalue weighted by molar-refractivity contribution is 7.91. The summed E-state index contributed by atoms with van der Waals surface area (Å²) in [7, 11) is -7.17. The minimum atomic E-state index is -3.91. The van der Waals surface area contributed by atoms with E-state index in [2.05, 4.69) is 0 Å². The number of rotatable bonds is 8. The number of benzene rings is 1. The fraction of sp³-hybridized carbons (Fsp3) is 0.538. The van der Waals surface area contributed by atoms with E-state index in [9.17, 15) is 16.8 Å². The van der Waals surface area contributed by atoms with Crippen molar-refractivity contribution in [3.8, 4) is 0 Å². The molecule has 0 aliphatic rings. The lowest BCUT2D eigenvalue weighted by Gasteiger charge is -2.05. The molecule has 20 heavy (non-hydrogen) atoms. The van der Waals surface area contributed by atoms with Crippen LogP contribution in [-0.4, -0.2) is 32.9 Å². The zero-order valence-electron chi connectivity index (χ0n) is 11.4. The summed E-state index contributed by atoms with van der Waals surface area (Å²) >= 11 is 0. The van der Waals surface area contributed by atoms with Crippen molar-refractivity contribution in [2.24, 2.45) is 0 Å². The van der Waals surface area contributed by atoms with Crippen LogP contribution >= 0.6 is 0 Å². The van der Waals surface area contributed by atoms with Crippen molar-refractivity contribution >= 4 is 20.0 Å². The van der Waals surface area contributed by atoms with Crippen LogP contribution in [-0.2, 0) is 20.0 Å². The quantitative estimate of drug-likeness (QED) is 0.586. The van der Waals surface area contributed by atoms with Gasteiger partial charge >= 0.3 is 0 Å². The molecule has 0 atom stereocenters. The first-order valence-electron chi connectivity index (χ1n) is 6.45. The average molecular weight is 320 g/mol. The van der Waals surface area contributed by atoms with Crippen molar-refractivity contribution in [3.05, 3.63) is 29.8 Å². The van der Waals surface area contributed by atoms with Crippen molar-refractivity contribution in [1.29, 1.82) is 0 Å². The van der Waals surface area contributed by atoms with E-state index in [1.54, 1.807) is 24.3 Å². The average Bonchev–Trinajstić information content (AvgIpc) is 2.33. The van der Waals surface area contributed by atoms with Gasteiger partial charge in [-0.1, -0.05) is 30.5 Å². The fourth-order valence-electron chi connectivity index (χ4n) is 1.79. The molecule has 0 spiro atoms. The van der Waals surface area contributed by atoms with Crippen molar-refractivity contribution in [2.75, 3.05) is 11.5 Å². The molecule has 7 heteroatoms. The summed E-state index contributed by atoms with van der Waals surface area (Å²) in [6, 6.07) is 6.73. The van der Waals surface area contributed by atoms with Crippen LogP contribution in [0, 0.1) is 6.92 Å². The smallest absolute Gasteiger partial charge is 0.264 e. The van der Waals surface area contributed by atoms with E-state index in [1.807, 2.05) is 6.92 Å². The Hall–Kier alpha value is -0.920. The molecule has 0 saturated carbocycles. The van der Waals surface area contributed by atoms with Crippen molar-refractivity contribution < 1.29 is 21.4 Å². The third-order valence-electron chi connectivity index (χ3n) is 2.95. The molecule has 0 heterocycles. The maximum atomic E-state index is 12.0. The molecule has 0 bridgehead atoms. The molecule has 0 fully saturated rings. The second-order valence-electron chi connectivity index (χ2n) is 4.83. The summed E-state index contributed by atoms with van der Waals surface area (Å²) in [6.07, 6.45) is 2.05. The van der Waals surface area contributed by atoms with Crippen molar-refractivity contribution in [3.63, 3.8) is 0 Å². The van der Waals surface area contributed by atoms with Gasteiger partial charge in [0.1, 0.15) is 0 Å². The van der Waals surface area contributed by atoms with Gasteiger partial charge in [0.15, 0.2) is 9.84 Å². The van der Waals surface area contributed by atoms with Crippen LogP contribution in [0.2, 0.25) is 0 Å². The fourth-order valence-corrected chi connectivity index (χ4v) is 3.73. The first-order chi connectivity index (χ1) is 9.21. The second-order valence-corrected chi connectivity index (χ2v) is 8.51. The second kappa shape index (κ2) is 7.19. The SMILES string of the molecule is Cc1ccc(S(=O)(=O)CCCCCCS(=O)(=O)O)cc1. The highest BCUT2D eigenvalue weighted by atomic mass is 32.2. The Bertz CT molecular complexity index is 615. The number of sulfone groups is 1. The lowest BCUT2D eigenvalue weighted by Crippen LogP contribution is -2.07. The third-order valence-corrected chi connectivity index (χ3v) is 5.57. The van der Waals surface area contributed by atoms with Gasteiger partial charge in [0.2, 0.25) is 0 Å². The van der Waals surface area contributed by atoms with E-state index in [0.29, 0.717) is 30.6 Å². The normalized spacial score (nSPS) is 12.5. The Labute approximate surface area is 120 Å². The number of hydrogen-bond acceptors (Lipinski definition) is 4. The van der Waals surface area contributed by atoms with Gasteiger partial charge in [-0.15, -0.1) is 0 Å². The topological polar surface area (TPSA) is 88.5 Å². The van der Waals surface area contributed by atoms with Crippen LogP contribution < -0.4 is 0 Å². The number of unbranched alkanes of at least 4 members (excludes halogenated alkanes) is 3. The molecule has 114 valence electrons. The Morgan fingerprint density at radius 2 is 1.35 bits per heavy atom. The first-order valence-corrected chi connectivity index (χ1v) is 9.71. The van der Waals surface area contributed by atoms with E-state index in [-0.39, 0.29) is 11.5 Å². The van der Waals surface area contributed by atoms with E-state index in [4.69, 9.17) is 4.55 Å². The Morgan fingerprint density at radius 1 is 0.850 bits per heavy atom. The van der Waals surface area contributed by atoms with Gasteiger partial charge in [-0.3, -0.25) is 4.55 Å². The molecular formula is C13H20O5S2. The van der Waals surface area contributed by atoms with Gasteiger partial charge < -0.3 is 0 Å². The predicted octanol–water partition coefficient (Wildman–Crippen LogP) is 2.22. The van der Waals surface area contributed by atoms with Crippen LogP contribution in [0.1, 0.15) is 31.2 Å². The van der Waals surface area contributed by atoms with Crippen LogP contribution in [0.4, 0.5) is 0 Å². The van der Waals surface area contributed by atoms with Crippen LogP contribution in [0.25, 0.3) is 0 Å². The summed E-state index contributed by atoms with van der Waals surface area (Å²) < 4.78 is 53.5. The predicted molar refractivity (Wildman–Crippen MR) is 78.1 cm³/mol. The minimum absolute atomic E-state index is 0.0575. The molecule has 0 amide bonds. The molecule has 1 aromatic carbocycles. The maximum Gasteiger partial charge on any atom is 0.264 e. The Balaban J connectivity index is 2.36. The standard InChI is InChI=1S/C13H20O5S2/c1-12-6-8-13(9-7-12)19(14,15)10-4-2-3-5-11-20(16,17)18/h6-9H,2-5,10-11H2,1H3,(H,16,17,18). The molecule has 0 aliphatic carbocycles. The zero-order valence-corrected chi connectivity index (χ0v) is 13.1. The molecule has 0 radical (unpaired) electrons. The molecule has 1 aromatic rings.